The van der Waals surface area contributed by atoms with Crippen molar-refractivity contribution in [1.29, 1.82) is 0 Å². The number of ether oxygens (including phenoxy) is 2. The minimum absolute atomic E-state index is 0.168. The topological polar surface area (TPSA) is 18.5 Å². The number of thiophene rings is 1. The highest BCUT2D eigenvalue weighted by Crippen LogP contribution is 2.40. The lowest BCUT2D eigenvalue weighted by molar-refractivity contribution is 0.146. The summed E-state index contributed by atoms with van der Waals surface area (Å²) in [4.78, 5) is 1.42. The number of rotatable bonds is 6. The number of hydrogen-bond acceptors (Lipinski definition) is 3. The van der Waals surface area contributed by atoms with Crippen LogP contribution in [0.25, 0.3) is 0 Å². The van der Waals surface area contributed by atoms with Gasteiger partial charge in [0.1, 0.15) is 12.4 Å². The molecule has 20 heavy (non-hydrogen) atoms. The lowest BCUT2D eigenvalue weighted by Gasteiger charge is -2.13. The Hall–Kier alpha value is 0.120. The van der Waals surface area contributed by atoms with Crippen molar-refractivity contribution in [2.75, 3.05) is 20.3 Å². The number of benzene rings is 1. The molecule has 0 aliphatic rings. The Kier molecular flexibility index (Phi) is 6.55. The number of methoxy groups -OCH3 is 1. The highest BCUT2D eigenvalue weighted by Gasteiger charge is 2.16. The van der Waals surface area contributed by atoms with E-state index in [0.717, 1.165) is 14.7 Å². The van der Waals surface area contributed by atoms with Crippen molar-refractivity contribution < 1.29 is 9.47 Å². The van der Waals surface area contributed by atoms with E-state index in [1.54, 1.807) is 18.4 Å². The van der Waals surface area contributed by atoms with Crippen LogP contribution in [0.15, 0.2) is 38.6 Å². The van der Waals surface area contributed by atoms with Gasteiger partial charge >= 0.3 is 0 Å². The van der Waals surface area contributed by atoms with Crippen molar-refractivity contribution in [3.63, 3.8) is 0 Å². The maximum Gasteiger partial charge on any atom is 0.133 e. The molecule has 0 fully saturated rings. The van der Waals surface area contributed by atoms with Gasteiger partial charge in [-0.1, -0.05) is 22.0 Å². The molecule has 0 aliphatic carbocycles. The Morgan fingerprint density at radius 1 is 1.15 bits per heavy atom. The van der Waals surface area contributed by atoms with Crippen LogP contribution in [0.1, 0.15) is 15.3 Å². The fourth-order valence-electron chi connectivity index (χ4n) is 1.66. The van der Waals surface area contributed by atoms with E-state index < -0.39 is 0 Å². The predicted octanol–water partition coefficient (Wildman–Crippen LogP) is 5.78. The maximum atomic E-state index is 5.63. The molecule has 0 saturated heterocycles. The third-order valence-electron chi connectivity index (χ3n) is 2.67. The van der Waals surface area contributed by atoms with Crippen molar-refractivity contribution in [3.05, 3.63) is 49.0 Å². The second-order valence-electron chi connectivity index (χ2n) is 4.03. The van der Waals surface area contributed by atoms with Gasteiger partial charge in [-0.05, 0) is 61.0 Å². The first-order chi connectivity index (χ1) is 9.63. The van der Waals surface area contributed by atoms with Gasteiger partial charge in [-0.2, -0.15) is 0 Å². The molecule has 0 saturated carbocycles. The van der Waals surface area contributed by atoms with Crippen molar-refractivity contribution in [3.8, 4) is 5.75 Å². The third kappa shape index (κ3) is 4.07. The van der Waals surface area contributed by atoms with Gasteiger partial charge in [-0.15, -0.1) is 11.3 Å². The first-order valence-corrected chi connectivity index (χ1v) is 9.29. The van der Waals surface area contributed by atoms with Crippen molar-refractivity contribution >= 4 is 59.1 Å². The highest BCUT2D eigenvalue weighted by molar-refractivity contribution is 9.11. The van der Waals surface area contributed by atoms with Crippen LogP contribution < -0.4 is 4.74 Å². The summed E-state index contributed by atoms with van der Waals surface area (Å²) in [5, 5.41) is 2.07. The lowest BCUT2D eigenvalue weighted by atomic mass is 10.1. The first-order valence-electron chi connectivity index (χ1n) is 5.91. The largest absolute Gasteiger partial charge is 0.490 e. The molecule has 1 aromatic heterocycles. The van der Waals surface area contributed by atoms with Crippen LogP contribution in [0.4, 0.5) is 0 Å². The molecule has 0 spiro atoms. The van der Waals surface area contributed by atoms with E-state index >= 15 is 0 Å². The van der Waals surface area contributed by atoms with Crippen LogP contribution in [0, 0.1) is 0 Å². The minimum atomic E-state index is 0.168. The molecule has 2 aromatic rings. The molecule has 2 nitrogen and oxygen atoms in total. The fourth-order valence-corrected chi connectivity index (χ4v) is 4.94. The van der Waals surface area contributed by atoms with Crippen molar-refractivity contribution in [2.24, 2.45) is 0 Å². The molecule has 0 radical (unpaired) electrons. The number of hydrogen-bond donors (Lipinski definition) is 0. The molecule has 1 heterocycles. The zero-order chi connectivity index (χ0) is 14.5. The standard InChI is InChI=1S/C14H13Br3O2S/c1-18-5-6-19-12-3-2-9(8-11(12)16)13(17)14-10(15)4-7-20-14/h2-4,7-8,13H,5-6H2,1H3. The number of alkyl halides is 1. The summed E-state index contributed by atoms with van der Waals surface area (Å²) < 4.78 is 12.7. The molecular formula is C14H13Br3O2S. The van der Waals surface area contributed by atoms with Gasteiger partial charge in [0.25, 0.3) is 0 Å². The fraction of sp³-hybridized carbons (Fsp3) is 0.286. The molecule has 1 aromatic carbocycles. The summed E-state index contributed by atoms with van der Waals surface area (Å²) in [6, 6.07) is 8.18. The van der Waals surface area contributed by atoms with Gasteiger partial charge in [0.05, 0.1) is 15.9 Å². The predicted molar refractivity (Wildman–Crippen MR) is 94.3 cm³/mol. The maximum absolute atomic E-state index is 5.63. The summed E-state index contributed by atoms with van der Waals surface area (Å²) >= 11 is 12.6. The smallest absolute Gasteiger partial charge is 0.133 e. The molecule has 0 amide bonds. The van der Waals surface area contributed by atoms with E-state index in [1.165, 1.54) is 10.4 Å². The van der Waals surface area contributed by atoms with Crippen LogP contribution in [-0.4, -0.2) is 20.3 Å². The Bertz CT molecular complexity index is 571. The van der Waals surface area contributed by atoms with Crippen LogP contribution >= 0.6 is 59.1 Å². The normalized spacial score (nSPS) is 12.4. The lowest BCUT2D eigenvalue weighted by Crippen LogP contribution is -2.04. The van der Waals surface area contributed by atoms with Crippen LogP contribution in [-0.2, 0) is 4.74 Å². The van der Waals surface area contributed by atoms with E-state index in [0.29, 0.717) is 13.2 Å². The van der Waals surface area contributed by atoms with Crippen LogP contribution in [0.3, 0.4) is 0 Å². The van der Waals surface area contributed by atoms with E-state index in [4.69, 9.17) is 9.47 Å². The monoisotopic (exact) mass is 482 g/mol. The Morgan fingerprint density at radius 3 is 2.55 bits per heavy atom. The zero-order valence-electron chi connectivity index (χ0n) is 10.7. The minimum Gasteiger partial charge on any atom is -0.490 e. The van der Waals surface area contributed by atoms with Crippen LogP contribution in [0.5, 0.6) is 5.75 Å². The van der Waals surface area contributed by atoms with Gasteiger partial charge < -0.3 is 9.47 Å². The summed E-state index contributed by atoms with van der Waals surface area (Å²) in [6.45, 7) is 1.13. The van der Waals surface area contributed by atoms with Crippen molar-refractivity contribution in [2.45, 2.75) is 4.83 Å². The van der Waals surface area contributed by atoms with Gasteiger partial charge in [0.2, 0.25) is 0 Å². The van der Waals surface area contributed by atoms with Gasteiger partial charge in [0.15, 0.2) is 0 Å². The quantitative estimate of drug-likeness (QED) is 0.382. The third-order valence-corrected chi connectivity index (χ3v) is 6.51. The van der Waals surface area contributed by atoms with E-state index in [1.807, 2.05) is 6.07 Å². The molecular weight excluding hydrogens is 472 g/mol. The van der Waals surface area contributed by atoms with Crippen molar-refractivity contribution in [1.82, 2.24) is 0 Å². The van der Waals surface area contributed by atoms with Gasteiger partial charge in [0, 0.05) is 16.5 Å². The summed E-state index contributed by atoms with van der Waals surface area (Å²) in [7, 11) is 1.66. The molecule has 1 atom stereocenters. The highest BCUT2D eigenvalue weighted by atomic mass is 79.9. The van der Waals surface area contributed by atoms with E-state index in [2.05, 4.69) is 71.4 Å². The average molecular weight is 485 g/mol. The average Bonchev–Trinajstić information content (AvgIpc) is 2.86. The molecule has 108 valence electrons. The zero-order valence-corrected chi connectivity index (χ0v) is 16.3. The van der Waals surface area contributed by atoms with Crippen LogP contribution in [0.2, 0.25) is 0 Å². The molecule has 6 heteroatoms. The second-order valence-corrected chi connectivity index (χ2v) is 7.60. The molecule has 0 aliphatic heterocycles. The first kappa shape index (κ1) is 16.5. The molecule has 1 unspecified atom stereocenters. The van der Waals surface area contributed by atoms with E-state index in [9.17, 15) is 0 Å². The summed E-state index contributed by atoms with van der Waals surface area (Å²) in [5.74, 6) is 0.829. The summed E-state index contributed by atoms with van der Waals surface area (Å²) in [6.07, 6.45) is 0. The molecule has 0 bridgehead atoms. The second kappa shape index (κ2) is 7.94. The Balaban J connectivity index is 2.14. The van der Waals surface area contributed by atoms with E-state index in [-0.39, 0.29) is 4.83 Å². The number of halogens is 3. The SMILES string of the molecule is COCCOc1ccc(C(Br)c2sccc2Br)cc1Br. The Morgan fingerprint density at radius 2 is 1.95 bits per heavy atom. The van der Waals surface area contributed by atoms with Gasteiger partial charge in [-0.3, -0.25) is 0 Å². The summed E-state index contributed by atoms with van der Waals surface area (Å²) in [5.41, 5.74) is 1.18. The van der Waals surface area contributed by atoms with Gasteiger partial charge in [-0.25, -0.2) is 0 Å². The molecule has 0 N–H and O–H groups in total. The molecule has 2 rings (SSSR count). The Labute approximate surface area is 147 Å².